The van der Waals surface area contributed by atoms with Gasteiger partial charge in [0, 0.05) is 18.5 Å². The van der Waals surface area contributed by atoms with E-state index in [9.17, 15) is 13.2 Å². The molecule has 0 fully saturated rings. The number of carbonyl (C=O) groups is 1. The highest BCUT2D eigenvalue weighted by Gasteiger charge is 2.23. The molecule has 8 heteroatoms. The predicted molar refractivity (Wildman–Crippen MR) is 126 cm³/mol. The van der Waals surface area contributed by atoms with E-state index in [-0.39, 0.29) is 26.4 Å². The number of nitrogens with zero attached hydrogens (tertiary/aromatic N) is 1. The Kier molecular flexibility index (Phi) is 7.07. The number of ether oxygens (including phenoxy) is 2. The largest absolute Gasteiger partial charge is 0.454 e. The number of rotatable bonds is 9. The lowest BCUT2D eigenvalue weighted by molar-refractivity contribution is -0.121. The molecule has 0 bridgehead atoms. The summed E-state index contributed by atoms with van der Waals surface area (Å²) < 4.78 is 38.0. The van der Waals surface area contributed by atoms with Gasteiger partial charge < -0.3 is 14.8 Å². The molecule has 0 saturated heterocycles. The summed E-state index contributed by atoms with van der Waals surface area (Å²) in [4.78, 5) is 12.7. The van der Waals surface area contributed by atoms with Crippen LogP contribution in [0.2, 0.25) is 0 Å². The first kappa shape index (κ1) is 22.6. The summed E-state index contributed by atoms with van der Waals surface area (Å²) in [6, 6.07) is 23.7. The molecule has 0 saturated carbocycles. The second-order valence-corrected chi connectivity index (χ2v) is 9.29. The van der Waals surface area contributed by atoms with E-state index in [1.807, 2.05) is 66.7 Å². The van der Waals surface area contributed by atoms with Crippen LogP contribution in [-0.4, -0.2) is 32.0 Å². The molecule has 170 valence electrons. The first-order valence-corrected chi connectivity index (χ1v) is 11.9. The van der Waals surface area contributed by atoms with Crippen LogP contribution in [0.15, 0.2) is 84.3 Å². The van der Waals surface area contributed by atoms with Gasteiger partial charge in [0.2, 0.25) is 22.7 Å². The molecule has 33 heavy (non-hydrogen) atoms. The number of carbonyl (C=O) groups excluding carboxylic acids is 1. The second kappa shape index (κ2) is 10.3. The van der Waals surface area contributed by atoms with Crippen LogP contribution in [0, 0.1) is 0 Å². The van der Waals surface area contributed by atoms with Crippen molar-refractivity contribution in [2.24, 2.45) is 0 Å². The van der Waals surface area contributed by atoms with Crippen LogP contribution in [0.4, 0.5) is 0 Å². The zero-order valence-electron chi connectivity index (χ0n) is 17.9. The highest BCUT2D eigenvalue weighted by molar-refractivity contribution is 7.92. The molecule has 3 aromatic carbocycles. The van der Waals surface area contributed by atoms with Crippen molar-refractivity contribution in [1.29, 1.82) is 0 Å². The van der Waals surface area contributed by atoms with Gasteiger partial charge in [-0.2, -0.15) is 4.31 Å². The minimum atomic E-state index is -3.85. The maximum Gasteiger partial charge on any atom is 0.237 e. The highest BCUT2D eigenvalue weighted by Crippen LogP contribution is 2.32. The summed E-state index contributed by atoms with van der Waals surface area (Å²) in [6.07, 6.45) is 1.53. The van der Waals surface area contributed by atoms with Crippen LogP contribution in [0.1, 0.15) is 16.7 Å². The van der Waals surface area contributed by atoms with Crippen LogP contribution in [-0.2, 0) is 27.9 Å². The fourth-order valence-electron chi connectivity index (χ4n) is 3.31. The van der Waals surface area contributed by atoms with Crippen molar-refractivity contribution in [1.82, 2.24) is 9.62 Å². The van der Waals surface area contributed by atoms with Gasteiger partial charge >= 0.3 is 0 Å². The van der Waals surface area contributed by atoms with Crippen molar-refractivity contribution >= 4 is 22.0 Å². The summed E-state index contributed by atoms with van der Waals surface area (Å²) in [5, 5.41) is 3.92. The fourth-order valence-corrected chi connectivity index (χ4v) is 4.43. The smallest absolute Gasteiger partial charge is 0.237 e. The van der Waals surface area contributed by atoms with E-state index in [1.165, 1.54) is 6.08 Å². The zero-order valence-corrected chi connectivity index (χ0v) is 18.7. The van der Waals surface area contributed by atoms with E-state index >= 15 is 0 Å². The van der Waals surface area contributed by atoms with Crippen molar-refractivity contribution in [3.8, 4) is 11.5 Å². The SMILES string of the molecule is O=C(CN(Cc1ccccc1)S(=O)(=O)/C=C/c1ccccc1)NCc1ccc2c(c1)OCO2. The van der Waals surface area contributed by atoms with E-state index in [4.69, 9.17) is 9.47 Å². The highest BCUT2D eigenvalue weighted by atomic mass is 32.2. The molecule has 1 heterocycles. The van der Waals surface area contributed by atoms with Crippen LogP contribution < -0.4 is 14.8 Å². The molecule has 0 spiro atoms. The van der Waals surface area contributed by atoms with Gasteiger partial charge in [-0.1, -0.05) is 66.7 Å². The van der Waals surface area contributed by atoms with Gasteiger partial charge in [-0.25, -0.2) is 8.42 Å². The van der Waals surface area contributed by atoms with Gasteiger partial charge in [0.15, 0.2) is 11.5 Å². The lowest BCUT2D eigenvalue weighted by Crippen LogP contribution is -2.39. The van der Waals surface area contributed by atoms with E-state index in [0.717, 1.165) is 26.4 Å². The maximum absolute atomic E-state index is 13.1. The molecule has 3 aromatic rings. The summed E-state index contributed by atoms with van der Waals surface area (Å²) in [5.41, 5.74) is 2.37. The molecule has 0 aromatic heterocycles. The van der Waals surface area contributed by atoms with Crippen molar-refractivity contribution in [2.75, 3.05) is 13.3 Å². The minimum Gasteiger partial charge on any atom is -0.454 e. The molecule has 0 atom stereocenters. The number of fused-ring (bicyclic) bond motifs is 1. The molecule has 4 rings (SSSR count). The third-order valence-electron chi connectivity index (χ3n) is 5.04. The van der Waals surface area contributed by atoms with Crippen LogP contribution >= 0.6 is 0 Å². The quantitative estimate of drug-likeness (QED) is 0.524. The average molecular weight is 465 g/mol. The topological polar surface area (TPSA) is 84.9 Å². The molecule has 1 aliphatic rings. The Morgan fingerprint density at radius 1 is 0.909 bits per heavy atom. The van der Waals surface area contributed by atoms with Gasteiger partial charge in [0.05, 0.1) is 6.54 Å². The Balaban J connectivity index is 1.45. The van der Waals surface area contributed by atoms with Crippen LogP contribution in [0.5, 0.6) is 11.5 Å². The van der Waals surface area contributed by atoms with E-state index in [2.05, 4.69) is 5.32 Å². The number of benzene rings is 3. The molecular formula is C25H24N2O5S. The van der Waals surface area contributed by atoms with E-state index < -0.39 is 15.9 Å². The second-order valence-electron chi connectivity index (χ2n) is 7.48. The number of hydrogen-bond donors (Lipinski definition) is 1. The average Bonchev–Trinajstić information content (AvgIpc) is 3.30. The molecular weight excluding hydrogens is 440 g/mol. The van der Waals surface area contributed by atoms with Crippen molar-refractivity contribution in [3.63, 3.8) is 0 Å². The fraction of sp³-hybridized carbons (Fsp3) is 0.160. The summed E-state index contributed by atoms with van der Waals surface area (Å²) in [5.74, 6) is 0.886. The molecule has 0 aliphatic carbocycles. The van der Waals surface area contributed by atoms with Crippen molar-refractivity contribution in [3.05, 3.63) is 101 Å². The lowest BCUT2D eigenvalue weighted by atomic mass is 10.2. The molecule has 1 N–H and O–H groups in total. The molecule has 1 amide bonds. The van der Waals surface area contributed by atoms with Crippen molar-refractivity contribution < 1.29 is 22.7 Å². The Bertz CT molecular complexity index is 1230. The third-order valence-corrected chi connectivity index (χ3v) is 6.50. The van der Waals surface area contributed by atoms with Crippen LogP contribution in [0.25, 0.3) is 6.08 Å². The Morgan fingerprint density at radius 3 is 2.36 bits per heavy atom. The Morgan fingerprint density at radius 2 is 1.61 bits per heavy atom. The Labute approximate surface area is 193 Å². The van der Waals surface area contributed by atoms with Gasteiger partial charge in [-0.05, 0) is 34.9 Å². The van der Waals surface area contributed by atoms with Gasteiger partial charge in [-0.15, -0.1) is 0 Å². The predicted octanol–water partition coefficient (Wildman–Crippen LogP) is 3.53. The monoisotopic (exact) mass is 464 g/mol. The molecule has 7 nitrogen and oxygen atoms in total. The van der Waals surface area contributed by atoms with E-state index in [1.54, 1.807) is 12.1 Å². The zero-order chi connectivity index (χ0) is 23.1. The van der Waals surface area contributed by atoms with Gasteiger partial charge in [0.25, 0.3) is 0 Å². The standard InChI is InChI=1S/C25H24N2O5S/c28-25(26-16-22-11-12-23-24(15-22)32-19-31-23)18-27(17-21-9-5-2-6-10-21)33(29,30)14-13-20-7-3-1-4-8-20/h1-15H,16-19H2,(H,26,28)/b14-13+. The number of hydrogen-bond acceptors (Lipinski definition) is 5. The third kappa shape index (κ3) is 6.21. The minimum absolute atomic E-state index is 0.0831. The molecule has 0 radical (unpaired) electrons. The lowest BCUT2D eigenvalue weighted by Gasteiger charge is -2.20. The Hall–Kier alpha value is -3.62. The van der Waals surface area contributed by atoms with Gasteiger partial charge in [-0.3, -0.25) is 4.79 Å². The van der Waals surface area contributed by atoms with Crippen molar-refractivity contribution in [2.45, 2.75) is 13.1 Å². The summed E-state index contributed by atoms with van der Waals surface area (Å²) in [6.45, 7) is 0.198. The number of sulfonamides is 1. The van der Waals surface area contributed by atoms with Gasteiger partial charge in [0.1, 0.15) is 0 Å². The normalized spacial score (nSPS) is 12.9. The summed E-state index contributed by atoms with van der Waals surface area (Å²) >= 11 is 0. The number of amides is 1. The summed E-state index contributed by atoms with van der Waals surface area (Å²) in [7, 11) is -3.85. The maximum atomic E-state index is 13.1. The van der Waals surface area contributed by atoms with E-state index in [0.29, 0.717) is 11.5 Å². The molecule has 0 unspecified atom stereocenters. The first-order valence-electron chi connectivity index (χ1n) is 10.4. The van der Waals surface area contributed by atoms with Crippen LogP contribution in [0.3, 0.4) is 0 Å². The molecule has 1 aliphatic heterocycles. The number of nitrogens with one attached hydrogen (secondary N) is 1. The first-order chi connectivity index (χ1) is 16.0.